The van der Waals surface area contributed by atoms with Crippen molar-refractivity contribution in [1.29, 1.82) is 0 Å². The molecule has 2 saturated carbocycles. The lowest BCUT2D eigenvalue weighted by Gasteiger charge is -2.37. The molecule has 35 heavy (non-hydrogen) atoms. The van der Waals surface area contributed by atoms with Crippen molar-refractivity contribution in [3.8, 4) is 0 Å². The lowest BCUT2D eigenvalue weighted by atomic mass is 9.87. The van der Waals surface area contributed by atoms with Gasteiger partial charge in [0, 0.05) is 5.92 Å². The standard InChI is InChI=1S/C25H38O10/c1-13-3-7-16(8-4-13)31-19(27)11-20(28)32-17-9-5-15(6-10-17)24-34-23-22-21(33-25(23)35-24)18(12-26)29-14(2)30-22/h13-18,21-26H,3-12H2,1-2H3. The number of fused-ring (bicyclic) bond motifs is 3. The third-order valence-corrected chi connectivity index (χ3v) is 7.98. The van der Waals surface area contributed by atoms with Crippen LogP contribution in [0.3, 0.4) is 0 Å². The van der Waals surface area contributed by atoms with E-state index in [2.05, 4.69) is 6.92 Å². The Labute approximate surface area is 205 Å². The summed E-state index contributed by atoms with van der Waals surface area (Å²) in [5, 5.41) is 9.59. The van der Waals surface area contributed by atoms with Gasteiger partial charge in [-0.15, -0.1) is 0 Å². The summed E-state index contributed by atoms with van der Waals surface area (Å²) in [7, 11) is 0. The second kappa shape index (κ2) is 11.0. The first-order chi connectivity index (χ1) is 16.9. The smallest absolute Gasteiger partial charge is 0.317 e. The van der Waals surface area contributed by atoms with Crippen LogP contribution in [0.15, 0.2) is 0 Å². The molecule has 1 N–H and O–H groups in total. The van der Waals surface area contributed by atoms with Crippen LogP contribution in [0.2, 0.25) is 0 Å². The monoisotopic (exact) mass is 498 g/mol. The number of carbonyl (C=O) groups excluding carboxylic acids is 2. The van der Waals surface area contributed by atoms with Crippen molar-refractivity contribution in [3.05, 3.63) is 0 Å². The van der Waals surface area contributed by atoms with Crippen LogP contribution in [-0.2, 0) is 42.7 Å². The SMILES string of the molecule is CC1CCC(OC(=O)CC(=O)OC2CCC(C3OC4OC5C(CO)OC(C)OC5C4O3)CC2)CC1. The highest BCUT2D eigenvalue weighted by Gasteiger charge is 2.58. The molecule has 2 aliphatic carbocycles. The molecule has 0 bridgehead atoms. The van der Waals surface area contributed by atoms with Gasteiger partial charge in [-0.2, -0.15) is 0 Å². The topological polar surface area (TPSA) is 119 Å². The van der Waals surface area contributed by atoms with E-state index in [1.807, 2.05) is 0 Å². The summed E-state index contributed by atoms with van der Waals surface area (Å²) in [5.41, 5.74) is 0. The van der Waals surface area contributed by atoms with Gasteiger partial charge in [-0.05, 0) is 64.2 Å². The van der Waals surface area contributed by atoms with E-state index in [-0.39, 0.29) is 43.4 Å². The van der Waals surface area contributed by atoms with Gasteiger partial charge in [-0.3, -0.25) is 9.59 Å². The molecule has 10 heteroatoms. The van der Waals surface area contributed by atoms with Gasteiger partial charge in [0.15, 0.2) is 18.9 Å². The van der Waals surface area contributed by atoms with E-state index >= 15 is 0 Å². The molecule has 5 aliphatic rings. The predicted octanol–water partition coefficient (Wildman–Crippen LogP) is 2.19. The number of aliphatic hydroxyl groups excluding tert-OH is 1. The normalized spacial score (nSPS) is 45.4. The van der Waals surface area contributed by atoms with E-state index in [0.717, 1.165) is 38.5 Å². The van der Waals surface area contributed by atoms with Gasteiger partial charge >= 0.3 is 11.9 Å². The van der Waals surface area contributed by atoms with Crippen LogP contribution < -0.4 is 0 Å². The van der Waals surface area contributed by atoms with Gasteiger partial charge in [-0.25, -0.2) is 0 Å². The van der Waals surface area contributed by atoms with E-state index in [0.29, 0.717) is 18.8 Å². The zero-order chi connectivity index (χ0) is 24.5. The highest BCUT2D eigenvalue weighted by molar-refractivity contribution is 5.91. The van der Waals surface area contributed by atoms with Crippen LogP contribution in [-0.4, -0.2) is 79.1 Å². The second-order valence-corrected chi connectivity index (χ2v) is 10.7. The van der Waals surface area contributed by atoms with E-state index in [1.54, 1.807) is 6.92 Å². The molecule has 0 amide bonds. The number of rotatable bonds is 6. The zero-order valence-corrected chi connectivity index (χ0v) is 20.5. The highest BCUT2D eigenvalue weighted by Crippen LogP contribution is 2.43. The highest BCUT2D eigenvalue weighted by atomic mass is 16.8. The lowest BCUT2D eigenvalue weighted by Crippen LogP contribution is -2.52. The maximum absolute atomic E-state index is 12.3. The summed E-state index contributed by atoms with van der Waals surface area (Å²) in [5.74, 6) is -0.183. The van der Waals surface area contributed by atoms with Gasteiger partial charge in [0.25, 0.3) is 0 Å². The molecule has 3 heterocycles. The summed E-state index contributed by atoms with van der Waals surface area (Å²) in [4.78, 5) is 24.4. The van der Waals surface area contributed by atoms with Gasteiger partial charge in [0.1, 0.15) is 43.0 Å². The molecule has 0 radical (unpaired) electrons. The molecule has 5 rings (SSSR count). The molecular formula is C25H38O10. The van der Waals surface area contributed by atoms with Crippen LogP contribution in [0, 0.1) is 11.8 Å². The Kier molecular flexibility index (Phi) is 7.96. The summed E-state index contributed by atoms with van der Waals surface area (Å²) < 4.78 is 40.7. The molecule has 7 unspecified atom stereocenters. The van der Waals surface area contributed by atoms with E-state index in [9.17, 15) is 14.7 Å². The number of esters is 2. The van der Waals surface area contributed by atoms with Crippen LogP contribution in [0.1, 0.15) is 71.6 Å². The first kappa shape index (κ1) is 25.4. The van der Waals surface area contributed by atoms with Gasteiger partial charge in [0.2, 0.25) is 0 Å². The first-order valence-corrected chi connectivity index (χ1v) is 13.2. The fraction of sp³-hybridized carbons (Fsp3) is 0.920. The summed E-state index contributed by atoms with van der Waals surface area (Å²) in [6.45, 7) is 3.84. The van der Waals surface area contributed by atoms with Crippen LogP contribution in [0.25, 0.3) is 0 Å². The number of carbonyl (C=O) groups is 2. The molecular weight excluding hydrogens is 460 g/mol. The van der Waals surface area contributed by atoms with Crippen molar-refractivity contribution in [3.63, 3.8) is 0 Å². The molecule has 10 nitrogen and oxygen atoms in total. The van der Waals surface area contributed by atoms with Crippen LogP contribution in [0.4, 0.5) is 0 Å². The molecule has 7 atom stereocenters. The Morgan fingerprint density at radius 3 is 1.94 bits per heavy atom. The van der Waals surface area contributed by atoms with Crippen molar-refractivity contribution in [2.75, 3.05) is 6.61 Å². The zero-order valence-electron chi connectivity index (χ0n) is 20.5. The number of hydrogen-bond donors (Lipinski definition) is 1. The fourth-order valence-corrected chi connectivity index (χ4v) is 6.02. The molecule has 3 saturated heterocycles. The third-order valence-electron chi connectivity index (χ3n) is 7.98. The van der Waals surface area contributed by atoms with Crippen molar-refractivity contribution in [1.82, 2.24) is 0 Å². The predicted molar refractivity (Wildman–Crippen MR) is 119 cm³/mol. The average molecular weight is 499 g/mol. The molecule has 0 aromatic rings. The molecule has 0 aromatic heterocycles. The molecule has 198 valence electrons. The summed E-state index contributed by atoms with van der Waals surface area (Å²) >= 11 is 0. The molecule has 0 spiro atoms. The summed E-state index contributed by atoms with van der Waals surface area (Å²) in [6, 6.07) is 0. The first-order valence-electron chi connectivity index (χ1n) is 13.2. The summed E-state index contributed by atoms with van der Waals surface area (Å²) in [6.07, 6.45) is 3.15. The fourth-order valence-electron chi connectivity index (χ4n) is 6.02. The number of ether oxygens (including phenoxy) is 7. The van der Waals surface area contributed by atoms with E-state index < -0.39 is 43.0 Å². The Balaban J connectivity index is 1.02. The maximum Gasteiger partial charge on any atom is 0.317 e. The van der Waals surface area contributed by atoms with Gasteiger partial charge < -0.3 is 38.3 Å². The van der Waals surface area contributed by atoms with Gasteiger partial charge in [-0.1, -0.05) is 6.92 Å². The van der Waals surface area contributed by atoms with Crippen LogP contribution >= 0.6 is 0 Å². The average Bonchev–Trinajstić information content (AvgIpc) is 3.39. The number of hydrogen-bond acceptors (Lipinski definition) is 10. The number of aliphatic hydroxyl groups is 1. The Morgan fingerprint density at radius 2 is 1.31 bits per heavy atom. The van der Waals surface area contributed by atoms with Crippen LogP contribution in [0.5, 0.6) is 0 Å². The third kappa shape index (κ3) is 5.83. The van der Waals surface area contributed by atoms with E-state index in [4.69, 9.17) is 33.2 Å². The Morgan fingerprint density at radius 1 is 0.714 bits per heavy atom. The van der Waals surface area contributed by atoms with Crippen molar-refractivity contribution in [2.24, 2.45) is 11.8 Å². The second-order valence-electron chi connectivity index (χ2n) is 10.7. The van der Waals surface area contributed by atoms with Crippen molar-refractivity contribution in [2.45, 2.75) is 127 Å². The Hall–Kier alpha value is -1.30. The van der Waals surface area contributed by atoms with E-state index in [1.165, 1.54) is 0 Å². The maximum atomic E-state index is 12.3. The van der Waals surface area contributed by atoms with Gasteiger partial charge in [0.05, 0.1) is 6.61 Å². The van der Waals surface area contributed by atoms with Crippen molar-refractivity contribution >= 4 is 11.9 Å². The minimum atomic E-state index is -0.549. The minimum Gasteiger partial charge on any atom is -0.462 e. The molecule has 0 aromatic carbocycles. The quantitative estimate of drug-likeness (QED) is 0.431. The Bertz CT molecular complexity index is 745. The lowest BCUT2D eigenvalue weighted by molar-refractivity contribution is -0.298. The largest absolute Gasteiger partial charge is 0.462 e. The molecule has 3 aliphatic heterocycles. The van der Waals surface area contributed by atoms with Crippen molar-refractivity contribution < 1.29 is 47.9 Å². The minimum absolute atomic E-state index is 0.0728. The molecule has 5 fully saturated rings.